The Morgan fingerprint density at radius 2 is 2.09 bits per heavy atom. The molecule has 0 atom stereocenters. The molecule has 0 saturated carbocycles. The van der Waals surface area contributed by atoms with Gasteiger partial charge in [0, 0.05) is 44.5 Å². The molecule has 1 saturated heterocycles. The van der Waals surface area contributed by atoms with Gasteiger partial charge in [-0.05, 0) is 25.0 Å². The van der Waals surface area contributed by atoms with Crippen LogP contribution >= 0.6 is 0 Å². The maximum atomic E-state index is 11.1. The molecule has 0 unspecified atom stereocenters. The molecule has 1 N–H and O–H groups in total. The molecule has 1 heterocycles. The van der Waals surface area contributed by atoms with Crippen LogP contribution < -0.4 is 9.64 Å². The van der Waals surface area contributed by atoms with Crippen LogP contribution in [0.25, 0.3) is 0 Å². The molecular weight excluding hydrogens is 296 g/mol. The number of hydrogen-bond donors (Lipinski definition) is 1. The van der Waals surface area contributed by atoms with Gasteiger partial charge < -0.3 is 19.5 Å². The number of rotatable bonds is 8. The fraction of sp³-hybridized carbons (Fsp3) is 0.588. The van der Waals surface area contributed by atoms with Crippen molar-refractivity contribution in [1.29, 1.82) is 0 Å². The Balaban J connectivity index is 1.93. The summed E-state index contributed by atoms with van der Waals surface area (Å²) in [5.41, 5.74) is 1.16. The number of ether oxygens (including phenoxy) is 2. The highest BCUT2D eigenvalue weighted by atomic mass is 16.5. The van der Waals surface area contributed by atoms with Crippen molar-refractivity contribution in [3.8, 4) is 5.75 Å². The van der Waals surface area contributed by atoms with Gasteiger partial charge in [0.05, 0.1) is 20.3 Å². The van der Waals surface area contributed by atoms with Crippen LogP contribution in [0.3, 0.4) is 0 Å². The van der Waals surface area contributed by atoms with Crippen molar-refractivity contribution >= 4 is 11.7 Å². The predicted molar refractivity (Wildman–Crippen MR) is 89.3 cm³/mol. The second-order valence-electron chi connectivity index (χ2n) is 5.78. The Morgan fingerprint density at radius 3 is 2.70 bits per heavy atom. The van der Waals surface area contributed by atoms with Crippen molar-refractivity contribution in [3.63, 3.8) is 0 Å². The van der Waals surface area contributed by atoms with Crippen LogP contribution in [0, 0.1) is 0 Å². The molecule has 0 aromatic heterocycles. The van der Waals surface area contributed by atoms with E-state index in [1.165, 1.54) is 0 Å². The average molecular weight is 322 g/mol. The maximum Gasteiger partial charge on any atom is 0.317 e. The first kappa shape index (κ1) is 17.6. The summed E-state index contributed by atoms with van der Waals surface area (Å²) in [5, 5.41) is 9.09. The summed E-state index contributed by atoms with van der Waals surface area (Å²) < 4.78 is 10.4. The molecular formula is C17H26N2O4. The van der Waals surface area contributed by atoms with Crippen LogP contribution in [-0.2, 0) is 9.53 Å². The van der Waals surface area contributed by atoms with Crippen LogP contribution in [-0.4, -0.2) is 69.0 Å². The van der Waals surface area contributed by atoms with Gasteiger partial charge in [-0.1, -0.05) is 6.07 Å². The molecule has 0 amide bonds. The zero-order valence-corrected chi connectivity index (χ0v) is 13.9. The Bertz CT molecular complexity index is 501. The average Bonchev–Trinajstić information content (AvgIpc) is 2.58. The number of benzene rings is 1. The lowest BCUT2D eigenvalue weighted by atomic mass is 10.0. The van der Waals surface area contributed by atoms with Gasteiger partial charge in [0.15, 0.2) is 0 Å². The lowest BCUT2D eigenvalue weighted by molar-refractivity contribution is -0.139. The van der Waals surface area contributed by atoms with Gasteiger partial charge in [0.2, 0.25) is 0 Å². The molecule has 1 aromatic rings. The number of nitrogens with zero attached hydrogens (tertiary/aromatic N) is 2. The Hall–Kier alpha value is -1.79. The minimum atomic E-state index is -0.781. The third-order valence-electron chi connectivity index (χ3n) is 4.32. The van der Waals surface area contributed by atoms with E-state index in [1.54, 1.807) is 14.2 Å². The third-order valence-corrected chi connectivity index (χ3v) is 4.32. The fourth-order valence-electron chi connectivity index (χ4n) is 3.07. The molecule has 1 aliphatic rings. The standard InChI is InChI=1S/C17H26N2O4/c1-22-11-10-19(13-17(20)21)14-6-8-18(9-7-14)15-4-3-5-16(12-15)23-2/h3-5,12,14H,6-11,13H2,1-2H3,(H,20,21). The van der Waals surface area contributed by atoms with Crippen LogP contribution in [0.5, 0.6) is 5.75 Å². The molecule has 2 rings (SSSR count). The van der Waals surface area contributed by atoms with Gasteiger partial charge >= 0.3 is 5.97 Å². The largest absolute Gasteiger partial charge is 0.497 e. The molecule has 0 radical (unpaired) electrons. The zero-order valence-electron chi connectivity index (χ0n) is 13.9. The Labute approximate surface area is 137 Å². The minimum absolute atomic E-state index is 0.0766. The second kappa shape index (κ2) is 8.74. The first-order valence-electron chi connectivity index (χ1n) is 7.98. The third kappa shape index (κ3) is 5.11. The SMILES string of the molecule is COCCN(CC(=O)O)C1CCN(c2cccc(OC)c2)CC1. The van der Waals surface area contributed by atoms with Gasteiger partial charge in [-0.15, -0.1) is 0 Å². The Morgan fingerprint density at radius 1 is 1.35 bits per heavy atom. The van der Waals surface area contributed by atoms with E-state index in [4.69, 9.17) is 14.6 Å². The van der Waals surface area contributed by atoms with Crippen molar-refractivity contribution in [2.24, 2.45) is 0 Å². The molecule has 6 nitrogen and oxygen atoms in total. The summed E-state index contributed by atoms with van der Waals surface area (Å²) in [5.74, 6) is 0.0774. The van der Waals surface area contributed by atoms with E-state index >= 15 is 0 Å². The number of carboxylic acid groups (broad SMARTS) is 1. The van der Waals surface area contributed by atoms with Gasteiger partial charge in [-0.25, -0.2) is 0 Å². The number of anilines is 1. The number of hydrogen-bond acceptors (Lipinski definition) is 5. The minimum Gasteiger partial charge on any atom is -0.497 e. The van der Waals surface area contributed by atoms with Crippen molar-refractivity contribution in [2.45, 2.75) is 18.9 Å². The summed E-state index contributed by atoms with van der Waals surface area (Å²) in [7, 11) is 3.31. The van der Waals surface area contributed by atoms with E-state index in [-0.39, 0.29) is 6.54 Å². The van der Waals surface area contributed by atoms with Gasteiger partial charge in [0.1, 0.15) is 5.75 Å². The first-order chi connectivity index (χ1) is 11.1. The fourth-order valence-corrected chi connectivity index (χ4v) is 3.07. The van der Waals surface area contributed by atoms with Crippen LogP contribution in [0.1, 0.15) is 12.8 Å². The number of methoxy groups -OCH3 is 2. The molecule has 128 valence electrons. The van der Waals surface area contributed by atoms with Crippen molar-refractivity contribution in [3.05, 3.63) is 24.3 Å². The maximum absolute atomic E-state index is 11.1. The smallest absolute Gasteiger partial charge is 0.317 e. The predicted octanol–water partition coefficient (Wildman–Crippen LogP) is 1.70. The number of carbonyl (C=O) groups is 1. The summed E-state index contributed by atoms with van der Waals surface area (Å²) in [6.45, 7) is 3.13. The number of carboxylic acids is 1. The molecule has 1 aliphatic heterocycles. The lowest BCUT2D eigenvalue weighted by Crippen LogP contribution is -2.47. The molecule has 1 aromatic carbocycles. The van der Waals surface area contributed by atoms with E-state index in [9.17, 15) is 4.79 Å². The van der Waals surface area contributed by atoms with E-state index in [1.807, 2.05) is 23.1 Å². The van der Waals surface area contributed by atoms with Crippen molar-refractivity contribution < 1.29 is 19.4 Å². The molecule has 23 heavy (non-hydrogen) atoms. The molecule has 0 bridgehead atoms. The van der Waals surface area contributed by atoms with Crippen molar-refractivity contribution in [2.75, 3.05) is 51.9 Å². The highest BCUT2D eigenvalue weighted by Crippen LogP contribution is 2.25. The first-order valence-corrected chi connectivity index (χ1v) is 7.98. The summed E-state index contributed by atoms with van der Waals surface area (Å²) in [6.07, 6.45) is 1.91. The van der Waals surface area contributed by atoms with E-state index in [0.717, 1.165) is 37.4 Å². The normalized spacial score (nSPS) is 15.9. The van der Waals surface area contributed by atoms with Crippen LogP contribution in [0.15, 0.2) is 24.3 Å². The second-order valence-corrected chi connectivity index (χ2v) is 5.78. The summed E-state index contributed by atoms with van der Waals surface area (Å²) >= 11 is 0. The zero-order chi connectivity index (χ0) is 16.7. The van der Waals surface area contributed by atoms with Crippen LogP contribution in [0.4, 0.5) is 5.69 Å². The summed E-state index contributed by atoms with van der Waals surface area (Å²) in [6, 6.07) is 8.36. The Kier molecular flexibility index (Phi) is 6.67. The topological polar surface area (TPSA) is 62.2 Å². The lowest BCUT2D eigenvalue weighted by Gasteiger charge is -2.38. The molecule has 6 heteroatoms. The molecule has 0 spiro atoms. The molecule has 0 aliphatic carbocycles. The number of aliphatic carboxylic acids is 1. The highest BCUT2D eigenvalue weighted by molar-refractivity contribution is 5.69. The van der Waals surface area contributed by atoms with Gasteiger partial charge in [0.25, 0.3) is 0 Å². The monoisotopic (exact) mass is 322 g/mol. The highest BCUT2D eigenvalue weighted by Gasteiger charge is 2.26. The quantitative estimate of drug-likeness (QED) is 0.786. The van der Waals surface area contributed by atoms with Crippen molar-refractivity contribution in [1.82, 2.24) is 4.90 Å². The number of piperidine rings is 1. The summed E-state index contributed by atoms with van der Waals surface area (Å²) in [4.78, 5) is 15.4. The van der Waals surface area contributed by atoms with Gasteiger partial charge in [-0.2, -0.15) is 0 Å². The van der Waals surface area contributed by atoms with E-state index in [2.05, 4.69) is 11.0 Å². The van der Waals surface area contributed by atoms with E-state index < -0.39 is 5.97 Å². The van der Waals surface area contributed by atoms with Crippen LogP contribution in [0.2, 0.25) is 0 Å². The van der Waals surface area contributed by atoms with E-state index in [0.29, 0.717) is 19.2 Å². The molecule has 1 fully saturated rings. The van der Waals surface area contributed by atoms with Gasteiger partial charge in [-0.3, -0.25) is 9.69 Å².